The van der Waals surface area contributed by atoms with Crippen LogP contribution in [0.15, 0.2) is 48.7 Å². The number of nitrogens with one attached hydrogen (secondary N) is 1. The third-order valence-electron chi connectivity index (χ3n) is 4.72. The van der Waals surface area contributed by atoms with Gasteiger partial charge in [0, 0.05) is 18.2 Å². The number of ether oxygens (including phenoxy) is 1. The minimum Gasteiger partial charge on any atom is -0.492 e. The molecule has 1 amide bonds. The summed E-state index contributed by atoms with van der Waals surface area (Å²) in [5.74, 6) is -2.07. The quantitative estimate of drug-likeness (QED) is 0.708. The van der Waals surface area contributed by atoms with Crippen molar-refractivity contribution in [1.29, 1.82) is 0 Å². The number of ketones is 1. The van der Waals surface area contributed by atoms with Gasteiger partial charge in [-0.15, -0.1) is 0 Å². The number of aryl methyl sites for hydroxylation is 1. The smallest absolute Gasteiger partial charge is 0.262 e. The molecule has 5 nitrogen and oxygen atoms in total. The molecule has 0 aliphatic carbocycles. The van der Waals surface area contributed by atoms with Crippen molar-refractivity contribution in [3.8, 4) is 16.9 Å². The van der Waals surface area contributed by atoms with E-state index in [1.165, 1.54) is 18.3 Å². The van der Waals surface area contributed by atoms with E-state index in [0.29, 0.717) is 24.3 Å². The van der Waals surface area contributed by atoms with E-state index in [-0.39, 0.29) is 11.6 Å². The van der Waals surface area contributed by atoms with E-state index in [2.05, 4.69) is 10.3 Å². The number of aromatic nitrogens is 1. The van der Waals surface area contributed by atoms with Crippen molar-refractivity contribution >= 4 is 17.5 Å². The van der Waals surface area contributed by atoms with Crippen LogP contribution in [0.2, 0.25) is 0 Å². The maximum Gasteiger partial charge on any atom is 0.262 e. The van der Waals surface area contributed by atoms with Crippen molar-refractivity contribution < 1.29 is 23.1 Å². The van der Waals surface area contributed by atoms with Gasteiger partial charge in [0.2, 0.25) is 0 Å². The minimum atomic E-state index is -0.948. The lowest BCUT2D eigenvalue weighted by atomic mass is 9.95. The topological polar surface area (TPSA) is 68.3 Å². The highest BCUT2D eigenvalue weighted by Gasteiger charge is 2.21. The largest absolute Gasteiger partial charge is 0.492 e. The Bertz CT molecular complexity index is 1110. The monoisotopic (exact) mass is 394 g/mol. The lowest BCUT2D eigenvalue weighted by Crippen LogP contribution is -2.16. The number of benzene rings is 2. The summed E-state index contributed by atoms with van der Waals surface area (Å²) in [7, 11) is 0. The maximum atomic E-state index is 13.7. The number of Topliss-reactive ketones (excluding diaryl/α,β-unsaturated/α-hetero) is 1. The Morgan fingerprint density at radius 1 is 1.10 bits per heavy atom. The number of pyridine rings is 1. The summed E-state index contributed by atoms with van der Waals surface area (Å²) >= 11 is 0. The Morgan fingerprint density at radius 3 is 2.55 bits per heavy atom. The number of nitrogens with zero attached hydrogens (tertiary/aromatic N) is 1. The second-order valence-electron chi connectivity index (χ2n) is 6.67. The molecule has 7 heteroatoms. The number of carbonyl (C=O) groups is 2. The maximum absolute atomic E-state index is 13.7. The van der Waals surface area contributed by atoms with Crippen LogP contribution in [-0.4, -0.2) is 23.3 Å². The fourth-order valence-electron chi connectivity index (χ4n) is 3.24. The first-order valence-corrected chi connectivity index (χ1v) is 8.96. The molecular weight excluding hydrogens is 378 g/mol. The number of fused-ring (bicyclic) bond motifs is 1. The van der Waals surface area contributed by atoms with Gasteiger partial charge in [-0.1, -0.05) is 6.07 Å². The predicted octanol–water partition coefficient (Wildman–Crippen LogP) is 4.55. The van der Waals surface area contributed by atoms with Crippen LogP contribution in [0.3, 0.4) is 0 Å². The van der Waals surface area contributed by atoms with Gasteiger partial charge in [-0.3, -0.25) is 9.59 Å². The van der Waals surface area contributed by atoms with Crippen LogP contribution in [0.25, 0.3) is 11.1 Å². The normalized spacial score (nSPS) is 12.9. The molecule has 0 spiro atoms. The van der Waals surface area contributed by atoms with Crippen LogP contribution in [0, 0.1) is 18.6 Å². The third-order valence-corrected chi connectivity index (χ3v) is 4.72. The Hall–Kier alpha value is -3.61. The van der Waals surface area contributed by atoms with E-state index in [1.807, 2.05) is 13.0 Å². The molecule has 0 radical (unpaired) electrons. The van der Waals surface area contributed by atoms with Gasteiger partial charge in [0.25, 0.3) is 5.91 Å². The van der Waals surface area contributed by atoms with E-state index in [0.717, 1.165) is 28.8 Å². The average Bonchev–Trinajstić information content (AvgIpc) is 2.68. The standard InChI is InChI=1S/C22H16F2N2O3/c1-12-9-19-15(18(27)7-8-29-19)10-14(12)13-5-6-20(25-11-13)26-22(28)21-16(23)3-2-4-17(21)24/h2-6,9-11H,7-8H2,1H3,(H,25,26,28). The average molecular weight is 394 g/mol. The van der Waals surface area contributed by atoms with Crippen LogP contribution >= 0.6 is 0 Å². The van der Waals surface area contributed by atoms with Crippen LogP contribution in [-0.2, 0) is 0 Å². The molecule has 0 atom stereocenters. The van der Waals surface area contributed by atoms with Gasteiger partial charge < -0.3 is 10.1 Å². The van der Waals surface area contributed by atoms with Crippen LogP contribution < -0.4 is 10.1 Å². The number of carbonyl (C=O) groups excluding carboxylic acids is 2. The highest BCUT2D eigenvalue weighted by molar-refractivity contribution is 6.04. The molecular formula is C22H16F2N2O3. The molecule has 1 aromatic heterocycles. The molecule has 2 aromatic carbocycles. The van der Waals surface area contributed by atoms with Gasteiger partial charge in [0.05, 0.1) is 12.2 Å². The Morgan fingerprint density at radius 2 is 1.86 bits per heavy atom. The summed E-state index contributed by atoms with van der Waals surface area (Å²) in [4.78, 5) is 28.5. The summed E-state index contributed by atoms with van der Waals surface area (Å²) in [6.45, 7) is 2.28. The molecule has 0 saturated heterocycles. The van der Waals surface area contributed by atoms with E-state index in [4.69, 9.17) is 4.74 Å². The second kappa shape index (κ2) is 7.43. The van der Waals surface area contributed by atoms with E-state index in [9.17, 15) is 18.4 Å². The zero-order chi connectivity index (χ0) is 20.5. The van der Waals surface area contributed by atoms with Crippen molar-refractivity contribution in [3.63, 3.8) is 0 Å². The highest BCUT2D eigenvalue weighted by atomic mass is 19.1. The number of halogens is 2. The number of amides is 1. The number of anilines is 1. The molecule has 1 aliphatic rings. The summed E-state index contributed by atoms with van der Waals surface area (Å²) < 4.78 is 33.0. The van der Waals surface area contributed by atoms with E-state index >= 15 is 0 Å². The summed E-state index contributed by atoms with van der Waals surface area (Å²) in [6, 6.07) is 10.0. The Labute approximate surface area is 165 Å². The molecule has 0 unspecified atom stereocenters. The highest BCUT2D eigenvalue weighted by Crippen LogP contribution is 2.33. The van der Waals surface area contributed by atoms with Crippen LogP contribution in [0.1, 0.15) is 32.7 Å². The summed E-state index contributed by atoms with van der Waals surface area (Å²) in [6.07, 6.45) is 1.86. The fraction of sp³-hybridized carbons (Fsp3) is 0.136. The van der Waals surface area contributed by atoms with Crippen molar-refractivity contribution in [3.05, 3.63) is 77.0 Å². The van der Waals surface area contributed by atoms with Gasteiger partial charge >= 0.3 is 0 Å². The third kappa shape index (κ3) is 3.59. The number of hydrogen-bond donors (Lipinski definition) is 1. The van der Waals surface area contributed by atoms with Gasteiger partial charge in [0.1, 0.15) is 28.8 Å². The van der Waals surface area contributed by atoms with Crippen molar-refractivity contribution in [2.24, 2.45) is 0 Å². The first-order valence-electron chi connectivity index (χ1n) is 8.96. The van der Waals surface area contributed by atoms with Gasteiger partial charge in [-0.05, 0) is 54.4 Å². The van der Waals surface area contributed by atoms with Crippen molar-refractivity contribution in [1.82, 2.24) is 4.98 Å². The molecule has 0 fully saturated rings. The van der Waals surface area contributed by atoms with Gasteiger partial charge in [0.15, 0.2) is 5.78 Å². The minimum absolute atomic E-state index is 0.0243. The zero-order valence-corrected chi connectivity index (χ0v) is 15.5. The van der Waals surface area contributed by atoms with E-state index in [1.54, 1.807) is 12.1 Å². The van der Waals surface area contributed by atoms with Crippen LogP contribution in [0.4, 0.5) is 14.6 Å². The van der Waals surface area contributed by atoms with E-state index < -0.39 is 23.1 Å². The van der Waals surface area contributed by atoms with Crippen LogP contribution in [0.5, 0.6) is 5.75 Å². The first kappa shape index (κ1) is 18.7. The summed E-state index contributed by atoms with van der Waals surface area (Å²) in [5.41, 5.74) is 2.32. The number of rotatable bonds is 3. The SMILES string of the molecule is Cc1cc2c(cc1-c1ccc(NC(=O)c3c(F)cccc3F)nc1)C(=O)CCO2. The predicted molar refractivity (Wildman–Crippen MR) is 103 cm³/mol. The number of hydrogen-bond acceptors (Lipinski definition) is 4. The summed E-state index contributed by atoms with van der Waals surface area (Å²) in [5, 5.41) is 2.39. The lowest BCUT2D eigenvalue weighted by molar-refractivity contribution is 0.0932. The zero-order valence-electron chi connectivity index (χ0n) is 15.5. The molecule has 29 heavy (non-hydrogen) atoms. The van der Waals surface area contributed by atoms with Gasteiger partial charge in [-0.2, -0.15) is 0 Å². The molecule has 1 N–H and O–H groups in total. The molecule has 0 bridgehead atoms. The molecule has 146 valence electrons. The molecule has 2 heterocycles. The molecule has 3 aromatic rings. The first-order chi connectivity index (χ1) is 13.9. The van der Waals surface area contributed by atoms with Gasteiger partial charge in [-0.25, -0.2) is 13.8 Å². The fourth-order valence-corrected chi connectivity index (χ4v) is 3.24. The Balaban J connectivity index is 1.60. The van der Waals surface area contributed by atoms with Crippen molar-refractivity contribution in [2.75, 3.05) is 11.9 Å². The molecule has 4 rings (SSSR count). The molecule has 0 saturated carbocycles. The van der Waals surface area contributed by atoms with Crippen molar-refractivity contribution in [2.45, 2.75) is 13.3 Å². The second-order valence-corrected chi connectivity index (χ2v) is 6.67. The Kier molecular flexibility index (Phi) is 4.80. The lowest BCUT2D eigenvalue weighted by Gasteiger charge is -2.19. The molecule has 1 aliphatic heterocycles.